The monoisotopic (exact) mass is 504 g/mol. The number of hydrogen-bond donors (Lipinski definition) is 1. The van der Waals surface area contributed by atoms with Gasteiger partial charge in [-0.05, 0) is 0 Å². The van der Waals surface area contributed by atoms with Crippen LogP contribution >= 0.6 is 0 Å². The quantitative estimate of drug-likeness (QED) is 0.185. The van der Waals surface area contributed by atoms with Crippen molar-refractivity contribution in [1.82, 2.24) is 0 Å². The zero-order valence-electron chi connectivity index (χ0n) is 19.3. The van der Waals surface area contributed by atoms with Gasteiger partial charge in [-0.3, -0.25) is 0 Å². The van der Waals surface area contributed by atoms with Crippen molar-refractivity contribution in [3.8, 4) is 0 Å². The Balaban J connectivity index is 3.11. The summed E-state index contributed by atoms with van der Waals surface area (Å²) in [5.41, 5.74) is 0. The molecule has 0 aromatic rings. The second-order valence-corrected chi connectivity index (χ2v) is 22.4. The normalized spacial score (nSPS) is 18.2. The van der Waals surface area contributed by atoms with Gasteiger partial charge in [0.1, 0.15) is 0 Å². The maximum absolute atomic E-state index is 11.4. The Bertz CT molecular complexity index is 385. The maximum atomic E-state index is 11.4. The standard InChI is InChI=1S/C12H21O3.3C4H9.Sn/c1-3-11(15-9-14-2)12(13)10-7-5-4-6-8-10;3*1-3-4-2;/h10-13H,1,4-9H2,2H3;3*1,3-4H2,2H3;/t11-,12+;;;;/m0..../s1. The van der Waals surface area contributed by atoms with Gasteiger partial charge in [0.25, 0.3) is 0 Å². The van der Waals surface area contributed by atoms with E-state index in [-0.39, 0.29) is 12.9 Å². The number of ether oxygens (including phenoxy) is 2. The summed E-state index contributed by atoms with van der Waals surface area (Å²) in [6.07, 6.45) is 13.1. The summed E-state index contributed by atoms with van der Waals surface area (Å²) in [5.74, 6) is 0.361. The molecule has 0 heterocycles. The first-order valence-electron chi connectivity index (χ1n) is 12.0. The molecule has 0 aromatic carbocycles. The Labute approximate surface area is 179 Å². The van der Waals surface area contributed by atoms with E-state index in [2.05, 4.69) is 20.8 Å². The van der Waals surface area contributed by atoms with Crippen LogP contribution in [0, 0.1) is 5.92 Å². The molecule has 1 saturated carbocycles. The Kier molecular flexibility index (Phi) is 14.4. The first-order valence-corrected chi connectivity index (χ1v) is 19.5. The number of methoxy groups -OCH3 is 1. The molecule has 1 N–H and O–H groups in total. The molecule has 1 rings (SSSR count). The van der Waals surface area contributed by atoms with Gasteiger partial charge in [0, 0.05) is 0 Å². The molecule has 166 valence electrons. The predicted molar refractivity (Wildman–Crippen MR) is 123 cm³/mol. The van der Waals surface area contributed by atoms with Crippen LogP contribution in [0.2, 0.25) is 13.3 Å². The van der Waals surface area contributed by atoms with E-state index in [0.29, 0.717) is 5.92 Å². The molecule has 0 bridgehead atoms. The summed E-state index contributed by atoms with van der Waals surface area (Å²) in [6, 6.07) is 0. The molecule has 0 aromatic heterocycles. The van der Waals surface area contributed by atoms with Crippen molar-refractivity contribution in [2.75, 3.05) is 13.9 Å². The van der Waals surface area contributed by atoms with Gasteiger partial charge >= 0.3 is 180 Å². The molecule has 0 aliphatic heterocycles. The van der Waals surface area contributed by atoms with E-state index in [0.717, 1.165) is 12.8 Å². The number of unbranched alkanes of at least 4 members (excludes halogenated alkanes) is 3. The van der Waals surface area contributed by atoms with Gasteiger partial charge in [0.05, 0.1) is 0 Å². The van der Waals surface area contributed by atoms with Gasteiger partial charge in [-0.15, -0.1) is 0 Å². The second-order valence-electron chi connectivity index (χ2n) is 9.00. The predicted octanol–water partition coefficient (Wildman–Crippen LogP) is 6.86. The molecule has 0 amide bonds. The fourth-order valence-electron chi connectivity index (χ4n) is 4.97. The van der Waals surface area contributed by atoms with Crippen LogP contribution in [-0.4, -0.2) is 49.6 Å². The van der Waals surface area contributed by atoms with E-state index >= 15 is 0 Å². The van der Waals surface area contributed by atoms with Crippen LogP contribution in [0.3, 0.4) is 0 Å². The Morgan fingerprint density at radius 3 is 1.89 bits per heavy atom. The molecule has 1 aliphatic rings. The van der Waals surface area contributed by atoms with Crippen LogP contribution in [0.4, 0.5) is 0 Å². The second kappa shape index (κ2) is 15.3. The van der Waals surface area contributed by atoms with Crippen LogP contribution < -0.4 is 0 Å². The zero-order valence-corrected chi connectivity index (χ0v) is 22.2. The molecule has 2 atom stereocenters. The average molecular weight is 503 g/mol. The first kappa shape index (κ1) is 26.5. The molecule has 4 heteroatoms. The Morgan fingerprint density at radius 1 is 0.964 bits per heavy atom. The van der Waals surface area contributed by atoms with E-state index in [4.69, 9.17) is 16.1 Å². The third-order valence-corrected chi connectivity index (χ3v) is 22.8. The minimum absolute atomic E-state index is 0.218. The molecule has 1 aliphatic carbocycles. The minimum atomic E-state index is -2.67. The summed E-state index contributed by atoms with van der Waals surface area (Å²) in [6.45, 7) is 11.9. The van der Waals surface area contributed by atoms with Crippen LogP contribution in [0.25, 0.3) is 0 Å². The van der Waals surface area contributed by atoms with Gasteiger partial charge < -0.3 is 0 Å². The van der Waals surface area contributed by atoms with Crippen molar-refractivity contribution < 1.29 is 14.6 Å². The molecule has 1 fully saturated rings. The number of rotatable bonds is 16. The molecule has 28 heavy (non-hydrogen) atoms. The van der Waals surface area contributed by atoms with Crippen molar-refractivity contribution in [2.45, 2.75) is 117 Å². The van der Waals surface area contributed by atoms with Crippen molar-refractivity contribution >= 4 is 18.4 Å². The Morgan fingerprint density at radius 2 is 1.46 bits per heavy atom. The van der Waals surface area contributed by atoms with Crippen molar-refractivity contribution in [3.05, 3.63) is 10.2 Å². The molecule has 0 saturated heterocycles. The van der Waals surface area contributed by atoms with Crippen LogP contribution in [0.15, 0.2) is 10.2 Å². The number of hydrogen-bond acceptors (Lipinski definition) is 3. The molecular weight excluding hydrogens is 455 g/mol. The van der Waals surface area contributed by atoms with Crippen molar-refractivity contribution in [1.29, 1.82) is 0 Å². The van der Waals surface area contributed by atoms with Gasteiger partial charge in [0.15, 0.2) is 0 Å². The summed E-state index contributed by atoms with van der Waals surface area (Å²) in [4.78, 5) is 0. The SMILES string of the molecule is C=[C]([C@H](OCOC)[C@H](O)C1CCCCC1)[Sn]([CH2]CCC)([CH2]CCC)[CH2]CCC. The Hall–Kier alpha value is 0.419. The summed E-state index contributed by atoms with van der Waals surface area (Å²) >= 11 is -2.67. The van der Waals surface area contributed by atoms with E-state index in [1.807, 2.05) is 0 Å². The number of aliphatic hydroxyl groups excluding tert-OH is 1. The first-order chi connectivity index (χ1) is 13.6. The topological polar surface area (TPSA) is 38.7 Å². The summed E-state index contributed by atoms with van der Waals surface area (Å²) in [5, 5.41) is 11.4. The van der Waals surface area contributed by atoms with Crippen molar-refractivity contribution in [2.24, 2.45) is 5.92 Å². The fraction of sp³-hybridized carbons (Fsp3) is 0.917. The zero-order chi connectivity index (χ0) is 20.8. The van der Waals surface area contributed by atoms with Gasteiger partial charge in [0.2, 0.25) is 0 Å². The van der Waals surface area contributed by atoms with Gasteiger partial charge in [-0.2, -0.15) is 0 Å². The van der Waals surface area contributed by atoms with E-state index < -0.39 is 24.5 Å². The average Bonchev–Trinajstić information content (AvgIpc) is 2.74. The summed E-state index contributed by atoms with van der Waals surface area (Å²) in [7, 11) is 1.68. The van der Waals surface area contributed by atoms with Gasteiger partial charge in [-0.1, -0.05) is 0 Å². The third kappa shape index (κ3) is 8.27. The van der Waals surface area contributed by atoms with Crippen LogP contribution in [0.5, 0.6) is 0 Å². The third-order valence-electron chi connectivity index (χ3n) is 6.86. The van der Waals surface area contributed by atoms with Crippen molar-refractivity contribution in [3.63, 3.8) is 0 Å². The van der Waals surface area contributed by atoms with Crippen LogP contribution in [0.1, 0.15) is 91.4 Å². The fourth-order valence-corrected chi connectivity index (χ4v) is 21.1. The van der Waals surface area contributed by atoms with Crippen LogP contribution in [-0.2, 0) is 9.47 Å². The molecule has 0 radical (unpaired) electrons. The number of aliphatic hydroxyl groups is 1. The van der Waals surface area contributed by atoms with E-state index in [1.54, 1.807) is 7.11 Å². The van der Waals surface area contributed by atoms with Gasteiger partial charge in [-0.25, -0.2) is 0 Å². The molecular formula is C24H48O3Sn. The molecule has 0 spiro atoms. The van der Waals surface area contributed by atoms with E-state index in [1.165, 1.54) is 74.7 Å². The molecule has 3 nitrogen and oxygen atoms in total. The molecule has 0 unspecified atom stereocenters. The van der Waals surface area contributed by atoms with E-state index in [9.17, 15) is 5.11 Å². The summed E-state index contributed by atoms with van der Waals surface area (Å²) < 4.78 is 16.9.